The number of thioether (sulfide) groups is 1. The zero-order valence-corrected chi connectivity index (χ0v) is 21.0. The van der Waals surface area contributed by atoms with Crippen LogP contribution >= 0.6 is 11.8 Å². The van der Waals surface area contributed by atoms with Gasteiger partial charge in [-0.3, -0.25) is 9.59 Å². The van der Waals surface area contributed by atoms with Gasteiger partial charge in [-0.05, 0) is 30.3 Å². The number of Topliss-reactive ketones (excluding diaryl/α,β-unsaturated/α-hetero) is 1. The van der Waals surface area contributed by atoms with Gasteiger partial charge in [0.25, 0.3) is 0 Å². The maximum Gasteiger partial charge on any atom is 0.327 e. The molecule has 0 aliphatic carbocycles. The number of aromatic hydroxyl groups is 2. The molecule has 0 unspecified atom stereocenters. The fourth-order valence-corrected chi connectivity index (χ4v) is 4.75. The number of hydrogen-bond donors (Lipinski definition) is 4. The first-order chi connectivity index (χ1) is 16.4. The smallest absolute Gasteiger partial charge is 0.327 e. The molecule has 0 fully saturated rings. The average molecular weight is 502 g/mol. The number of carboxylic acid groups (broad SMARTS) is 1. The summed E-state index contributed by atoms with van der Waals surface area (Å²) in [5.74, 6) is -1.53. The molecule has 188 valence electrons. The molecule has 0 bridgehead atoms. The highest BCUT2D eigenvalue weighted by molar-refractivity contribution is 7.99. The SMILES string of the molecule is C=CC(C)(C)c1cc([C@H](CC(=O)c2ccc(O)cc2)SC[C@@H](NC(C)=O)C(=O)O)c(OC)cc1O. The molecule has 2 aromatic carbocycles. The van der Waals surface area contributed by atoms with E-state index < -0.39 is 28.6 Å². The van der Waals surface area contributed by atoms with Crippen molar-refractivity contribution in [3.8, 4) is 17.2 Å². The van der Waals surface area contributed by atoms with Gasteiger partial charge < -0.3 is 25.4 Å². The Kier molecular flexibility index (Phi) is 9.36. The molecule has 0 saturated heterocycles. The second-order valence-corrected chi connectivity index (χ2v) is 9.86. The summed E-state index contributed by atoms with van der Waals surface area (Å²) >= 11 is 1.19. The standard InChI is InChI=1S/C26H31NO7S/c1-6-26(3,4)19-11-18(23(34-5)12-22(19)31)24(35-14-20(25(32)33)27-15(2)28)13-21(30)16-7-9-17(29)10-8-16/h6-12,20,24,29,31H,1,13-14H2,2-5H3,(H,27,28)(H,32,33)/t20-,24+/m1/s1. The number of carbonyl (C=O) groups is 3. The van der Waals surface area contributed by atoms with Crippen LogP contribution < -0.4 is 10.1 Å². The van der Waals surface area contributed by atoms with Crippen LogP contribution in [0, 0.1) is 0 Å². The highest BCUT2D eigenvalue weighted by atomic mass is 32.2. The lowest BCUT2D eigenvalue weighted by atomic mass is 9.82. The van der Waals surface area contributed by atoms with Crippen molar-refractivity contribution in [3.05, 3.63) is 65.7 Å². The number of rotatable bonds is 12. The summed E-state index contributed by atoms with van der Waals surface area (Å²) in [5.41, 5.74) is 0.956. The molecule has 2 aromatic rings. The Hall–Kier alpha value is -3.46. The van der Waals surface area contributed by atoms with E-state index in [0.29, 0.717) is 22.4 Å². The largest absolute Gasteiger partial charge is 0.508 e. The molecule has 4 N–H and O–H groups in total. The number of phenolic OH excluding ortho intramolecular Hbond substituents is 2. The monoisotopic (exact) mass is 501 g/mol. The van der Waals surface area contributed by atoms with Gasteiger partial charge in [-0.15, -0.1) is 6.58 Å². The van der Waals surface area contributed by atoms with Gasteiger partial charge in [0.15, 0.2) is 5.78 Å². The normalized spacial score (nSPS) is 12.9. The Bertz CT molecular complexity index is 1100. The van der Waals surface area contributed by atoms with Gasteiger partial charge in [-0.25, -0.2) is 4.79 Å². The van der Waals surface area contributed by atoms with Crippen molar-refractivity contribution in [1.29, 1.82) is 0 Å². The number of carboxylic acids is 1. The zero-order chi connectivity index (χ0) is 26.3. The number of amides is 1. The first kappa shape index (κ1) is 27.8. The Balaban J connectivity index is 2.53. The molecule has 2 rings (SSSR count). The molecule has 0 aliphatic heterocycles. The first-order valence-corrected chi connectivity index (χ1v) is 11.9. The summed E-state index contributed by atoms with van der Waals surface area (Å²) in [5, 5.41) is 31.5. The molecule has 1 amide bonds. The van der Waals surface area contributed by atoms with Gasteiger partial charge in [0, 0.05) is 52.5 Å². The molecular weight excluding hydrogens is 470 g/mol. The fourth-order valence-electron chi connectivity index (χ4n) is 3.46. The van der Waals surface area contributed by atoms with Crippen LogP contribution in [0.25, 0.3) is 0 Å². The molecule has 0 aromatic heterocycles. The predicted molar refractivity (Wildman–Crippen MR) is 135 cm³/mol. The van der Waals surface area contributed by atoms with Crippen LogP contribution in [0.3, 0.4) is 0 Å². The zero-order valence-electron chi connectivity index (χ0n) is 20.2. The molecule has 8 nitrogen and oxygen atoms in total. The quantitative estimate of drug-likeness (QED) is 0.251. The van der Waals surface area contributed by atoms with Crippen molar-refractivity contribution in [1.82, 2.24) is 5.32 Å². The van der Waals surface area contributed by atoms with Gasteiger partial charge in [-0.1, -0.05) is 19.9 Å². The molecule has 0 aliphatic rings. The average Bonchev–Trinajstić information content (AvgIpc) is 2.80. The van der Waals surface area contributed by atoms with Gasteiger partial charge in [0.1, 0.15) is 23.3 Å². The minimum Gasteiger partial charge on any atom is -0.508 e. The minimum absolute atomic E-state index is 0.00534. The van der Waals surface area contributed by atoms with Crippen LogP contribution in [0.15, 0.2) is 49.1 Å². The molecule has 2 atom stereocenters. The van der Waals surface area contributed by atoms with E-state index in [1.54, 1.807) is 12.1 Å². The lowest BCUT2D eigenvalue weighted by Gasteiger charge is -2.27. The van der Waals surface area contributed by atoms with Gasteiger partial charge in [0.2, 0.25) is 5.91 Å². The van der Waals surface area contributed by atoms with E-state index in [0.717, 1.165) is 0 Å². The van der Waals surface area contributed by atoms with Crippen molar-refractivity contribution in [2.24, 2.45) is 0 Å². The van der Waals surface area contributed by atoms with E-state index in [4.69, 9.17) is 4.74 Å². The van der Waals surface area contributed by atoms with E-state index in [2.05, 4.69) is 11.9 Å². The molecule has 0 spiro atoms. The van der Waals surface area contributed by atoms with Crippen LogP contribution in [-0.2, 0) is 15.0 Å². The Morgan fingerprint density at radius 1 is 1.17 bits per heavy atom. The van der Waals surface area contributed by atoms with Crippen LogP contribution in [-0.4, -0.2) is 51.9 Å². The number of ketones is 1. The third kappa shape index (κ3) is 7.26. The summed E-state index contributed by atoms with van der Waals surface area (Å²) in [4.78, 5) is 36.3. The van der Waals surface area contributed by atoms with Crippen LogP contribution in [0.1, 0.15) is 53.9 Å². The van der Waals surface area contributed by atoms with E-state index in [-0.39, 0.29) is 29.5 Å². The number of aliphatic carboxylic acids is 1. The van der Waals surface area contributed by atoms with Crippen molar-refractivity contribution in [2.45, 2.75) is 43.9 Å². The maximum atomic E-state index is 13.1. The molecule has 35 heavy (non-hydrogen) atoms. The highest BCUT2D eigenvalue weighted by Crippen LogP contribution is 2.44. The summed E-state index contributed by atoms with van der Waals surface area (Å²) < 4.78 is 5.50. The van der Waals surface area contributed by atoms with Crippen molar-refractivity contribution in [3.63, 3.8) is 0 Å². The Labute approximate surface area is 209 Å². The number of benzene rings is 2. The topological polar surface area (TPSA) is 133 Å². The van der Waals surface area contributed by atoms with Crippen LogP contribution in [0.4, 0.5) is 0 Å². The van der Waals surface area contributed by atoms with E-state index in [1.807, 2.05) is 13.8 Å². The number of hydrogen-bond acceptors (Lipinski definition) is 7. The Morgan fingerprint density at radius 2 is 1.80 bits per heavy atom. The lowest BCUT2D eigenvalue weighted by molar-refractivity contribution is -0.140. The first-order valence-electron chi connectivity index (χ1n) is 10.9. The summed E-state index contributed by atoms with van der Waals surface area (Å²) in [6.45, 7) is 8.84. The van der Waals surface area contributed by atoms with Crippen molar-refractivity contribution >= 4 is 29.4 Å². The third-order valence-corrected chi connectivity index (χ3v) is 6.95. The number of phenols is 2. The number of nitrogens with one attached hydrogen (secondary N) is 1. The Morgan fingerprint density at radius 3 is 2.31 bits per heavy atom. The summed E-state index contributed by atoms with van der Waals surface area (Å²) in [7, 11) is 1.44. The summed E-state index contributed by atoms with van der Waals surface area (Å²) in [6.07, 6.45) is 1.68. The van der Waals surface area contributed by atoms with E-state index in [9.17, 15) is 29.7 Å². The van der Waals surface area contributed by atoms with E-state index >= 15 is 0 Å². The molecular formula is C26H31NO7S. The number of allylic oxidation sites excluding steroid dienone is 1. The molecule has 0 heterocycles. The van der Waals surface area contributed by atoms with Crippen LogP contribution in [0.5, 0.6) is 17.2 Å². The summed E-state index contributed by atoms with van der Waals surface area (Å²) in [6, 6.07) is 7.91. The van der Waals surface area contributed by atoms with Gasteiger partial charge in [0.05, 0.1) is 7.11 Å². The fraction of sp³-hybridized carbons (Fsp3) is 0.346. The second-order valence-electron chi connectivity index (χ2n) is 8.62. The lowest BCUT2D eigenvalue weighted by Crippen LogP contribution is -2.41. The highest BCUT2D eigenvalue weighted by Gasteiger charge is 2.29. The minimum atomic E-state index is -1.19. The second kappa shape index (κ2) is 11.8. The van der Waals surface area contributed by atoms with Crippen molar-refractivity contribution in [2.75, 3.05) is 12.9 Å². The van der Waals surface area contributed by atoms with Gasteiger partial charge in [-0.2, -0.15) is 11.8 Å². The predicted octanol–water partition coefficient (Wildman–Crippen LogP) is 4.21. The molecule has 0 radical (unpaired) electrons. The number of carbonyl (C=O) groups excluding carboxylic acids is 2. The number of methoxy groups -OCH3 is 1. The van der Waals surface area contributed by atoms with Crippen molar-refractivity contribution < 1.29 is 34.4 Å². The third-order valence-electron chi connectivity index (χ3n) is 5.60. The van der Waals surface area contributed by atoms with Gasteiger partial charge >= 0.3 is 5.97 Å². The maximum absolute atomic E-state index is 13.1. The van der Waals surface area contributed by atoms with Crippen LogP contribution in [0.2, 0.25) is 0 Å². The van der Waals surface area contributed by atoms with E-state index in [1.165, 1.54) is 56.1 Å². The molecule has 9 heteroatoms. The number of ether oxygens (including phenoxy) is 1. The molecule has 0 saturated carbocycles.